The van der Waals surface area contributed by atoms with E-state index in [1.165, 1.54) is 0 Å². The van der Waals surface area contributed by atoms with E-state index in [4.69, 9.17) is 0 Å². The van der Waals surface area contributed by atoms with Gasteiger partial charge in [0.2, 0.25) is 0 Å². The quantitative estimate of drug-likeness (QED) is 0.582. The highest BCUT2D eigenvalue weighted by molar-refractivity contribution is 5.85. The predicted octanol–water partition coefficient (Wildman–Crippen LogP) is 1.90. The summed E-state index contributed by atoms with van der Waals surface area (Å²) >= 11 is 0. The zero-order valence-electron chi connectivity index (χ0n) is 4.44. The number of aromatic nitrogens is 2. The molecular weight excluding hydrogens is 159 g/mol. The van der Waals surface area contributed by atoms with E-state index in [2.05, 4.69) is 4.98 Å². The lowest BCUT2D eigenvalue weighted by molar-refractivity contribution is 0.913. The molecule has 9 heavy (non-hydrogen) atoms. The Morgan fingerprint density at radius 1 is 1.33 bits per heavy atom. The van der Waals surface area contributed by atoms with Crippen LogP contribution in [-0.4, -0.2) is 9.55 Å². The summed E-state index contributed by atoms with van der Waals surface area (Å²) in [5, 5.41) is 0. The van der Waals surface area contributed by atoms with Crippen molar-refractivity contribution in [3.8, 4) is 0 Å². The van der Waals surface area contributed by atoms with Crippen molar-refractivity contribution < 1.29 is 0 Å². The molecular formula is C5H12Cl2N2. The Kier molecular flexibility index (Phi) is 13.8. The van der Waals surface area contributed by atoms with Crippen LogP contribution < -0.4 is 0 Å². The third kappa shape index (κ3) is 5.66. The summed E-state index contributed by atoms with van der Waals surface area (Å²) < 4.78 is 1.89. The standard InChI is InChI=1S/C4H6N2.CH4.2ClH/c1-6-3-2-5-4-6;;;/h2-4H,1H3;1H4;2*1H. The van der Waals surface area contributed by atoms with Gasteiger partial charge in [0.25, 0.3) is 0 Å². The van der Waals surface area contributed by atoms with Crippen LogP contribution in [0.5, 0.6) is 0 Å². The molecule has 0 aliphatic heterocycles. The SMILES string of the molecule is C.Cl.Cl.Cn1ccnc1. The highest BCUT2D eigenvalue weighted by atomic mass is 35.5. The lowest BCUT2D eigenvalue weighted by Gasteiger charge is -1.76. The second-order valence-electron chi connectivity index (χ2n) is 1.23. The summed E-state index contributed by atoms with van der Waals surface area (Å²) in [5.41, 5.74) is 0. The molecule has 0 spiro atoms. The fourth-order valence-electron chi connectivity index (χ4n) is 0.326. The summed E-state index contributed by atoms with van der Waals surface area (Å²) in [5.74, 6) is 0. The molecule has 0 aromatic carbocycles. The summed E-state index contributed by atoms with van der Waals surface area (Å²) in [4.78, 5) is 3.78. The maximum atomic E-state index is 3.78. The van der Waals surface area contributed by atoms with Crippen LogP contribution in [0.25, 0.3) is 0 Å². The van der Waals surface area contributed by atoms with Gasteiger partial charge in [-0.15, -0.1) is 24.8 Å². The molecule has 1 aromatic heterocycles. The van der Waals surface area contributed by atoms with Crippen molar-refractivity contribution in [2.24, 2.45) is 7.05 Å². The van der Waals surface area contributed by atoms with E-state index in [-0.39, 0.29) is 32.2 Å². The van der Waals surface area contributed by atoms with Crippen molar-refractivity contribution in [2.45, 2.75) is 7.43 Å². The Bertz CT molecular complexity index is 117. The average Bonchev–Trinajstić information content (AvgIpc) is 1.86. The second kappa shape index (κ2) is 7.79. The van der Waals surface area contributed by atoms with Gasteiger partial charge in [-0.05, 0) is 0 Å². The second-order valence-corrected chi connectivity index (χ2v) is 1.23. The van der Waals surface area contributed by atoms with Crippen molar-refractivity contribution in [1.82, 2.24) is 9.55 Å². The minimum atomic E-state index is 0. The molecule has 0 aliphatic rings. The van der Waals surface area contributed by atoms with Crippen molar-refractivity contribution >= 4 is 24.8 Å². The van der Waals surface area contributed by atoms with Crippen LogP contribution in [-0.2, 0) is 7.05 Å². The zero-order chi connectivity index (χ0) is 4.41. The molecule has 0 N–H and O–H groups in total. The van der Waals surface area contributed by atoms with Gasteiger partial charge >= 0.3 is 0 Å². The summed E-state index contributed by atoms with van der Waals surface area (Å²) in [6.45, 7) is 0. The Balaban J connectivity index is -0.000000120. The third-order valence-corrected chi connectivity index (χ3v) is 0.637. The molecule has 0 unspecified atom stereocenters. The van der Waals surface area contributed by atoms with Gasteiger partial charge in [-0.2, -0.15) is 0 Å². The topological polar surface area (TPSA) is 17.8 Å². The van der Waals surface area contributed by atoms with Crippen LogP contribution in [0.1, 0.15) is 7.43 Å². The highest BCUT2D eigenvalue weighted by Gasteiger charge is 1.69. The zero-order valence-corrected chi connectivity index (χ0v) is 6.08. The average molecular weight is 171 g/mol. The fourth-order valence-corrected chi connectivity index (χ4v) is 0.326. The third-order valence-electron chi connectivity index (χ3n) is 0.637. The number of hydrogen-bond acceptors (Lipinski definition) is 1. The molecule has 0 aliphatic carbocycles. The number of hydrogen-bond donors (Lipinski definition) is 0. The lowest BCUT2D eigenvalue weighted by Crippen LogP contribution is -1.76. The Morgan fingerprint density at radius 3 is 2.00 bits per heavy atom. The lowest BCUT2D eigenvalue weighted by atomic mass is 10.9. The van der Waals surface area contributed by atoms with E-state index < -0.39 is 0 Å². The summed E-state index contributed by atoms with van der Waals surface area (Å²) in [7, 11) is 1.94. The van der Waals surface area contributed by atoms with Crippen LogP contribution in [0.15, 0.2) is 18.7 Å². The Morgan fingerprint density at radius 2 is 1.89 bits per heavy atom. The molecule has 4 heteroatoms. The van der Waals surface area contributed by atoms with E-state index in [1.54, 1.807) is 12.5 Å². The molecule has 1 rings (SSSR count). The first kappa shape index (κ1) is 15.9. The van der Waals surface area contributed by atoms with E-state index in [0.29, 0.717) is 0 Å². The number of aryl methyl sites for hydroxylation is 1. The Labute approximate surface area is 68.1 Å². The number of rotatable bonds is 0. The van der Waals surface area contributed by atoms with Crippen LogP contribution >= 0.6 is 24.8 Å². The van der Waals surface area contributed by atoms with Gasteiger partial charge in [0.05, 0.1) is 6.33 Å². The van der Waals surface area contributed by atoms with E-state index in [0.717, 1.165) is 0 Å². The van der Waals surface area contributed by atoms with Crippen LogP contribution in [0.4, 0.5) is 0 Å². The van der Waals surface area contributed by atoms with E-state index >= 15 is 0 Å². The molecule has 2 nitrogen and oxygen atoms in total. The first-order valence-electron chi connectivity index (χ1n) is 1.81. The normalized spacial score (nSPS) is 5.89. The first-order chi connectivity index (χ1) is 2.89. The van der Waals surface area contributed by atoms with Crippen LogP contribution in [0.3, 0.4) is 0 Å². The van der Waals surface area contributed by atoms with E-state index in [9.17, 15) is 0 Å². The van der Waals surface area contributed by atoms with Crippen molar-refractivity contribution in [3.63, 3.8) is 0 Å². The molecule has 1 heterocycles. The molecule has 0 saturated carbocycles. The number of imidazole rings is 1. The van der Waals surface area contributed by atoms with Gasteiger partial charge in [0.1, 0.15) is 0 Å². The maximum absolute atomic E-state index is 3.78. The number of halogens is 2. The van der Waals surface area contributed by atoms with Crippen molar-refractivity contribution in [2.75, 3.05) is 0 Å². The van der Waals surface area contributed by atoms with Gasteiger partial charge in [-0.1, -0.05) is 7.43 Å². The highest BCUT2D eigenvalue weighted by Crippen LogP contribution is 1.73. The molecule has 0 saturated heterocycles. The minimum absolute atomic E-state index is 0. The molecule has 0 amide bonds. The first-order valence-corrected chi connectivity index (χ1v) is 1.81. The van der Waals surface area contributed by atoms with Crippen molar-refractivity contribution in [3.05, 3.63) is 18.7 Å². The van der Waals surface area contributed by atoms with Crippen LogP contribution in [0.2, 0.25) is 0 Å². The molecule has 0 fully saturated rings. The predicted molar refractivity (Wildman–Crippen MR) is 44.4 cm³/mol. The smallest absolute Gasteiger partial charge is 0.0943 e. The monoisotopic (exact) mass is 170 g/mol. The maximum Gasteiger partial charge on any atom is 0.0943 e. The van der Waals surface area contributed by atoms with E-state index in [1.807, 2.05) is 17.8 Å². The van der Waals surface area contributed by atoms with Gasteiger partial charge in [0.15, 0.2) is 0 Å². The van der Waals surface area contributed by atoms with Gasteiger partial charge < -0.3 is 4.57 Å². The molecule has 0 bridgehead atoms. The fraction of sp³-hybridized carbons (Fsp3) is 0.400. The van der Waals surface area contributed by atoms with Gasteiger partial charge in [-0.25, -0.2) is 4.98 Å². The Hall–Kier alpha value is -0.210. The van der Waals surface area contributed by atoms with Gasteiger partial charge in [0, 0.05) is 19.4 Å². The molecule has 1 aromatic rings. The molecule has 56 valence electrons. The van der Waals surface area contributed by atoms with Crippen LogP contribution in [0, 0.1) is 0 Å². The van der Waals surface area contributed by atoms with Gasteiger partial charge in [-0.3, -0.25) is 0 Å². The number of nitrogens with zero attached hydrogens (tertiary/aromatic N) is 2. The van der Waals surface area contributed by atoms with Crippen molar-refractivity contribution in [1.29, 1.82) is 0 Å². The minimum Gasteiger partial charge on any atom is -0.341 e. The molecule has 0 atom stereocenters. The largest absolute Gasteiger partial charge is 0.341 e. The summed E-state index contributed by atoms with van der Waals surface area (Å²) in [6, 6.07) is 0. The summed E-state index contributed by atoms with van der Waals surface area (Å²) in [6.07, 6.45) is 5.39. The molecule has 0 radical (unpaired) electrons.